The minimum atomic E-state index is -0.306. The van der Waals surface area contributed by atoms with E-state index in [4.69, 9.17) is 14.9 Å². The van der Waals surface area contributed by atoms with Crippen LogP contribution in [0.15, 0.2) is 75.9 Å². The summed E-state index contributed by atoms with van der Waals surface area (Å²) in [6, 6.07) is 20.7. The lowest BCUT2D eigenvalue weighted by Crippen LogP contribution is -2.47. The fourth-order valence-electron chi connectivity index (χ4n) is 5.15. The number of fused-ring (bicyclic) bond motifs is 1. The van der Waals surface area contributed by atoms with Crippen molar-refractivity contribution in [2.24, 2.45) is 0 Å². The quantitative estimate of drug-likeness (QED) is 0.261. The third-order valence-corrected chi connectivity index (χ3v) is 7.26. The van der Waals surface area contributed by atoms with Gasteiger partial charge in [-0.25, -0.2) is 0 Å². The van der Waals surface area contributed by atoms with Gasteiger partial charge in [-0.2, -0.15) is 0 Å². The molecular formula is C31H34N4O4. The van der Waals surface area contributed by atoms with Crippen molar-refractivity contribution in [3.63, 3.8) is 0 Å². The molecule has 0 spiro atoms. The first-order valence-electron chi connectivity index (χ1n) is 13.3. The largest absolute Gasteiger partial charge is 0.495 e. The van der Waals surface area contributed by atoms with Crippen molar-refractivity contribution < 1.29 is 13.9 Å². The summed E-state index contributed by atoms with van der Waals surface area (Å²) < 4.78 is 11.7. The van der Waals surface area contributed by atoms with E-state index in [0.29, 0.717) is 28.9 Å². The monoisotopic (exact) mass is 526 g/mol. The lowest BCUT2D eigenvalue weighted by atomic mass is 10.0. The third-order valence-electron chi connectivity index (χ3n) is 7.26. The van der Waals surface area contributed by atoms with Crippen molar-refractivity contribution in [2.75, 3.05) is 57.0 Å². The Balaban J connectivity index is 1.22. The Kier molecular flexibility index (Phi) is 7.84. The van der Waals surface area contributed by atoms with Crippen LogP contribution in [0.4, 0.5) is 11.4 Å². The van der Waals surface area contributed by atoms with E-state index in [1.54, 1.807) is 26.2 Å². The number of ether oxygens (including phenoxy) is 1. The predicted molar refractivity (Wildman–Crippen MR) is 156 cm³/mol. The number of hydrogen-bond acceptors (Lipinski definition) is 7. The average molecular weight is 527 g/mol. The van der Waals surface area contributed by atoms with Gasteiger partial charge in [0.05, 0.1) is 23.7 Å². The van der Waals surface area contributed by atoms with Gasteiger partial charge in [-0.15, -0.1) is 0 Å². The number of benzene rings is 3. The average Bonchev–Trinajstić information content (AvgIpc) is 2.97. The van der Waals surface area contributed by atoms with Gasteiger partial charge < -0.3 is 25.1 Å². The summed E-state index contributed by atoms with van der Waals surface area (Å²) in [6.07, 6.45) is 0.805. The van der Waals surface area contributed by atoms with E-state index in [-0.39, 0.29) is 22.5 Å². The molecule has 1 amide bonds. The summed E-state index contributed by atoms with van der Waals surface area (Å²) >= 11 is 0. The predicted octanol–water partition coefficient (Wildman–Crippen LogP) is 4.30. The highest BCUT2D eigenvalue weighted by Crippen LogP contribution is 2.30. The number of methoxy groups -OCH3 is 1. The van der Waals surface area contributed by atoms with Crippen LogP contribution in [0.5, 0.6) is 5.75 Å². The van der Waals surface area contributed by atoms with Gasteiger partial charge in [-0.05, 0) is 44.2 Å². The Hall–Kier alpha value is -4.30. The number of carbonyl (C=O) groups is 1. The van der Waals surface area contributed by atoms with Gasteiger partial charge in [0.1, 0.15) is 11.5 Å². The number of hydrogen-bond donors (Lipinski definition) is 2. The van der Waals surface area contributed by atoms with Crippen LogP contribution in [0.1, 0.15) is 22.3 Å². The fraction of sp³-hybridized carbons (Fsp3) is 0.290. The van der Waals surface area contributed by atoms with Crippen LogP contribution in [0.25, 0.3) is 22.3 Å². The molecule has 0 bridgehead atoms. The van der Waals surface area contributed by atoms with Crippen LogP contribution in [-0.4, -0.2) is 57.2 Å². The summed E-state index contributed by atoms with van der Waals surface area (Å²) in [4.78, 5) is 31.1. The molecule has 1 aliphatic heterocycles. The smallest absolute Gasteiger partial charge is 0.255 e. The molecule has 5 rings (SSSR count). The molecule has 0 radical (unpaired) electrons. The van der Waals surface area contributed by atoms with Gasteiger partial charge in [0, 0.05) is 49.5 Å². The Labute approximate surface area is 228 Å². The van der Waals surface area contributed by atoms with Gasteiger partial charge in [0.2, 0.25) is 0 Å². The van der Waals surface area contributed by atoms with Gasteiger partial charge in [-0.3, -0.25) is 14.5 Å². The number of nitrogens with zero attached hydrogens (tertiary/aromatic N) is 2. The van der Waals surface area contributed by atoms with Crippen molar-refractivity contribution in [1.29, 1.82) is 0 Å². The maximum Gasteiger partial charge on any atom is 0.255 e. The molecule has 1 aromatic heterocycles. The summed E-state index contributed by atoms with van der Waals surface area (Å²) in [7, 11) is 1.70. The lowest BCUT2D eigenvalue weighted by molar-refractivity contribution is 0.0952. The molecule has 0 unspecified atom stereocenters. The molecule has 4 aromatic rings. The normalized spacial score (nSPS) is 13.9. The van der Waals surface area contributed by atoms with E-state index < -0.39 is 0 Å². The van der Waals surface area contributed by atoms with E-state index in [1.165, 1.54) is 0 Å². The number of nitrogens with two attached hydrogens (primary N) is 1. The minimum absolute atomic E-state index is 0.191. The van der Waals surface area contributed by atoms with Crippen molar-refractivity contribution >= 4 is 28.3 Å². The number of anilines is 2. The van der Waals surface area contributed by atoms with Crippen molar-refractivity contribution in [3.05, 3.63) is 88.1 Å². The number of nitrogen functional groups attached to an aromatic ring is 1. The Morgan fingerprint density at radius 2 is 1.74 bits per heavy atom. The number of rotatable bonds is 8. The zero-order valence-corrected chi connectivity index (χ0v) is 22.4. The van der Waals surface area contributed by atoms with E-state index in [1.807, 2.05) is 48.5 Å². The molecule has 1 fully saturated rings. The summed E-state index contributed by atoms with van der Waals surface area (Å²) in [5.74, 6) is 1.04. The standard InChI is InChI=1S/C31H34N4O4/c1-21-28(36)24-19-23(32)20-25(30(24)39-29(21)22-9-4-3-5-10-22)31(37)33-13-8-14-34-15-17-35(18-16-34)26-11-6-7-12-27(26)38-2/h3-7,9-12,19-20H,8,13-18,32H2,1-2H3,(H,33,37). The molecule has 202 valence electrons. The number of carbonyl (C=O) groups excluding carboxylic acids is 1. The highest BCUT2D eigenvalue weighted by molar-refractivity contribution is 6.06. The Bertz CT molecular complexity index is 1530. The topological polar surface area (TPSA) is 101 Å². The second kappa shape index (κ2) is 11.6. The molecule has 1 saturated heterocycles. The SMILES string of the molecule is COc1ccccc1N1CCN(CCCNC(=O)c2cc(N)cc3c(=O)c(C)c(-c4ccccc4)oc23)CC1. The molecule has 0 saturated carbocycles. The molecule has 39 heavy (non-hydrogen) atoms. The van der Waals surface area contributed by atoms with E-state index in [9.17, 15) is 9.59 Å². The Morgan fingerprint density at radius 1 is 1.03 bits per heavy atom. The number of para-hydroxylation sites is 2. The summed E-state index contributed by atoms with van der Waals surface area (Å²) in [6.45, 7) is 6.84. The van der Waals surface area contributed by atoms with Crippen molar-refractivity contribution in [3.8, 4) is 17.1 Å². The molecule has 0 aliphatic carbocycles. The second-order valence-electron chi connectivity index (χ2n) is 9.81. The van der Waals surface area contributed by atoms with Crippen molar-refractivity contribution in [1.82, 2.24) is 10.2 Å². The van der Waals surface area contributed by atoms with Gasteiger partial charge in [-0.1, -0.05) is 42.5 Å². The summed E-state index contributed by atoms with van der Waals surface area (Å²) in [5.41, 5.74) is 9.14. The third kappa shape index (κ3) is 5.61. The summed E-state index contributed by atoms with van der Waals surface area (Å²) in [5, 5.41) is 3.30. The molecule has 1 aliphatic rings. The zero-order chi connectivity index (χ0) is 27.4. The van der Waals surface area contributed by atoms with E-state index >= 15 is 0 Å². The highest BCUT2D eigenvalue weighted by atomic mass is 16.5. The second-order valence-corrected chi connectivity index (χ2v) is 9.81. The molecular weight excluding hydrogens is 492 g/mol. The molecule has 3 aromatic carbocycles. The van der Waals surface area contributed by atoms with Crippen LogP contribution in [0.2, 0.25) is 0 Å². The number of amides is 1. The van der Waals surface area contributed by atoms with Crippen LogP contribution in [0, 0.1) is 6.92 Å². The lowest BCUT2D eigenvalue weighted by Gasteiger charge is -2.36. The first-order valence-corrected chi connectivity index (χ1v) is 13.3. The van der Waals surface area contributed by atoms with Gasteiger partial charge in [0.25, 0.3) is 5.91 Å². The molecule has 0 atom stereocenters. The molecule has 3 N–H and O–H groups in total. The van der Waals surface area contributed by atoms with E-state index in [2.05, 4.69) is 21.2 Å². The van der Waals surface area contributed by atoms with Crippen LogP contribution >= 0.6 is 0 Å². The fourth-order valence-corrected chi connectivity index (χ4v) is 5.15. The number of piperazine rings is 1. The maximum atomic E-state index is 13.2. The molecule has 8 heteroatoms. The molecule has 2 heterocycles. The first kappa shape index (κ1) is 26.3. The van der Waals surface area contributed by atoms with Crippen molar-refractivity contribution in [2.45, 2.75) is 13.3 Å². The van der Waals surface area contributed by atoms with Crippen LogP contribution < -0.4 is 26.1 Å². The maximum absolute atomic E-state index is 13.2. The first-order chi connectivity index (χ1) is 19.0. The van der Waals surface area contributed by atoms with Crippen LogP contribution in [-0.2, 0) is 0 Å². The van der Waals surface area contributed by atoms with Crippen LogP contribution in [0.3, 0.4) is 0 Å². The zero-order valence-electron chi connectivity index (χ0n) is 22.4. The minimum Gasteiger partial charge on any atom is -0.495 e. The Morgan fingerprint density at radius 3 is 2.49 bits per heavy atom. The molecule has 8 nitrogen and oxygen atoms in total. The number of nitrogens with one attached hydrogen (secondary N) is 1. The van der Waals surface area contributed by atoms with Gasteiger partial charge >= 0.3 is 0 Å². The highest BCUT2D eigenvalue weighted by Gasteiger charge is 2.21. The van der Waals surface area contributed by atoms with E-state index in [0.717, 1.165) is 56.1 Å². The van der Waals surface area contributed by atoms with Gasteiger partial charge in [0.15, 0.2) is 11.0 Å².